The van der Waals surface area contributed by atoms with Crippen LogP contribution in [0.5, 0.6) is 0 Å². The number of aryl methyl sites for hydroxylation is 2. The van der Waals surface area contributed by atoms with Gasteiger partial charge in [0, 0.05) is 12.6 Å². The van der Waals surface area contributed by atoms with Crippen LogP contribution in [0.25, 0.3) is 22.2 Å². The number of imidazole rings is 1. The van der Waals surface area contributed by atoms with E-state index in [4.69, 9.17) is 11.6 Å². The van der Waals surface area contributed by atoms with Crippen molar-refractivity contribution in [3.63, 3.8) is 0 Å². The van der Waals surface area contributed by atoms with Crippen LogP contribution >= 0.6 is 11.6 Å². The van der Waals surface area contributed by atoms with Gasteiger partial charge in [-0.1, -0.05) is 23.7 Å². The number of halogens is 1. The topological polar surface area (TPSA) is 34.9 Å². The van der Waals surface area contributed by atoms with E-state index < -0.39 is 0 Å². The van der Waals surface area contributed by atoms with E-state index in [0.717, 1.165) is 34.0 Å². The highest BCUT2D eigenvalue weighted by molar-refractivity contribution is 6.33. The van der Waals surface area contributed by atoms with Crippen LogP contribution in [-0.4, -0.2) is 15.8 Å². The Morgan fingerprint density at radius 3 is 2.75 bits per heavy atom. The normalized spacial score (nSPS) is 10.9. The van der Waals surface area contributed by atoms with Crippen LogP contribution in [0.4, 0.5) is 0 Å². The van der Waals surface area contributed by atoms with Gasteiger partial charge in [0.1, 0.15) is 0 Å². The first-order chi connectivity index (χ1) is 9.61. The Labute approximate surface area is 121 Å². The maximum Gasteiger partial charge on any atom is 0.151 e. The average Bonchev–Trinajstić information content (AvgIpc) is 2.82. The van der Waals surface area contributed by atoms with Crippen molar-refractivity contribution in [2.24, 2.45) is 7.05 Å². The molecule has 1 heterocycles. The first kappa shape index (κ1) is 12.9. The van der Waals surface area contributed by atoms with E-state index in [2.05, 4.69) is 11.1 Å². The second-order valence-corrected chi connectivity index (χ2v) is 5.22. The third kappa shape index (κ3) is 1.91. The van der Waals surface area contributed by atoms with Gasteiger partial charge in [-0.3, -0.25) is 4.79 Å². The molecule has 0 saturated heterocycles. The molecule has 100 valence electrons. The molecule has 0 bridgehead atoms. The van der Waals surface area contributed by atoms with Crippen molar-refractivity contribution in [2.45, 2.75) is 6.92 Å². The molecule has 20 heavy (non-hydrogen) atoms. The molecule has 3 aromatic rings. The van der Waals surface area contributed by atoms with Crippen molar-refractivity contribution in [3.8, 4) is 11.1 Å². The van der Waals surface area contributed by atoms with Gasteiger partial charge in [-0.05, 0) is 41.8 Å². The first-order valence-electron chi connectivity index (χ1n) is 6.27. The SMILES string of the molecule is Cc1c(-c2ccc(C=O)c(Cl)c2)ccc2c1ncn2C. The fourth-order valence-corrected chi connectivity index (χ4v) is 2.67. The summed E-state index contributed by atoms with van der Waals surface area (Å²) in [7, 11) is 1.98. The fraction of sp³-hybridized carbons (Fsp3) is 0.125. The summed E-state index contributed by atoms with van der Waals surface area (Å²) < 4.78 is 1.99. The van der Waals surface area contributed by atoms with Gasteiger partial charge in [0.05, 0.1) is 22.4 Å². The predicted molar refractivity (Wildman–Crippen MR) is 81.3 cm³/mol. The molecular weight excluding hydrogens is 272 g/mol. The van der Waals surface area contributed by atoms with E-state index in [0.29, 0.717) is 10.6 Å². The van der Waals surface area contributed by atoms with Gasteiger partial charge < -0.3 is 4.57 Å². The second-order valence-electron chi connectivity index (χ2n) is 4.82. The molecule has 1 aromatic heterocycles. The van der Waals surface area contributed by atoms with Crippen LogP contribution in [0, 0.1) is 6.92 Å². The number of nitrogens with zero attached hydrogens (tertiary/aromatic N) is 2. The van der Waals surface area contributed by atoms with Crippen LogP contribution < -0.4 is 0 Å². The highest BCUT2D eigenvalue weighted by atomic mass is 35.5. The van der Waals surface area contributed by atoms with Crippen LogP contribution in [0.2, 0.25) is 5.02 Å². The highest BCUT2D eigenvalue weighted by Crippen LogP contribution is 2.31. The van der Waals surface area contributed by atoms with Gasteiger partial charge in [-0.15, -0.1) is 0 Å². The summed E-state index contributed by atoms with van der Waals surface area (Å²) in [4.78, 5) is 15.3. The smallest absolute Gasteiger partial charge is 0.151 e. The van der Waals surface area contributed by atoms with Crippen molar-refractivity contribution in [3.05, 3.63) is 52.8 Å². The van der Waals surface area contributed by atoms with Crippen LogP contribution in [0.15, 0.2) is 36.7 Å². The number of fused-ring (bicyclic) bond motifs is 1. The van der Waals surface area contributed by atoms with Gasteiger partial charge in [-0.25, -0.2) is 4.98 Å². The molecule has 0 spiro atoms. The summed E-state index contributed by atoms with van der Waals surface area (Å²) in [5.74, 6) is 0. The molecule has 0 fully saturated rings. The third-order valence-corrected chi connectivity index (χ3v) is 3.92. The Kier molecular flexibility index (Phi) is 3.07. The number of hydrogen-bond donors (Lipinski definition) is 0. The van der Waals surface area contributed by atoms with Gasteiger partial charge in [-0.2, -0.15) is 0 Å². The van der Waals surface area contributed by atoms with E-state index in [-0.39, 0.29) is 0 Å². The molecule has 0 saturated carbocycles. The van der Waals surface area contributed by atoms with E-state index in [1.54, 1.807) is 6.07 Å². The summed E-state index contributed by atoms with van der Waals surface area (Å²) >= 11 is 6.10. The number of hydrogen-bond acceptors (Lipinski definition) is 2. The van der Waals surface area contributed by atoms with Crippen LogP contribution in [0.1, 0.15) is 15.9 Å². The summed E-state index contributed by atoms with van der Waals surface area (Å²) in [6.45, 7) is 2.05. The number of benzene rings is 2. The zero-order chi connectivity index (χ0) is 14.3. The van der Waals surface area contributed by atoms with Crippen LogP contribution in [0.3, 0.4) is 0 Å². The van der Waals surface area contributed by atoms with E-state index in [1.165, 1.54) is 0 Å². The minimum atomic E-state index is 0.470. The Hall–Kier alpha value is -2.13. The Morgan fingerprint density at radius 2 is 2.05 bits per heavy atom. The molecule has 0 aliphatic rings. The molecule has 0 aliphatic heterocycles. The average molecular weight is 285 g/mol. The number of aldehydes is 1. The molecule has 0 atom stereocenters. The largest absolute Gasteiger partial charge is 0.334 e. The Bertz CT molecular complexity index is 821. The maximum atomic E-state index is 10.8. The second kappa shape index (κ2) is 4.76. The summed E-state index contributed by atoms with van der Waals surface area (Å²) in [6.07, 6.45) is 2.57. The minimum Gasteiger partial charge on any atom is -0.334 e. The predicted octanol–water partition coefficient (Wildman–Crippen LogP) is 4.01. The molecule has 0 amide bonds. The quantitative estimate of drug-likeness (QED) is 0.666. The fourth-order valence-electron chi connectivity index (χ4n) is 2.44. The van der Waals surface area contributed by atoms with E-state index in [1.807, 2.05) is 43.1 Å². The number of rotatable bonds is 2. The standard InChI is InChI=1S/C16H13ClN2O/c1-10-13(5-6-15-16(10)18-9-19(15)2)11-3-4-12(8-20)14(17)7-11/h3-9H,1-2H3. The number of aromatic nitrogens is 2. The molecule has 0 aliphatic carbocycles. The molecule has 3 rings (SSSR count). The molecule has 0 radical (unpaired) electrons. The number of carbonyl (C=O) groups excluding carboxylic acids is 1. The van der Waals surface area contributed by atoms with Gasteiger partial charge in [0.2, 0.25) is 0 Å². The van der Waals surface area contributed by atoms with Gasteiger partial charge in [0.25, 0.3) is 0 Å². The van der Waals surface area contributed by atoms with Crippen molar-refractivity contribution in [1.29, 1.82) is 0 Å². The molecule has 0 N–H and O–H groups in total. The van der Waals surface area contributed by atoms with Crippen molar-refractivity contribution < 1.29 is 4.79 Å². The summed E-state index contributed by atoms with van der Waals surface area (Å²) in [5, 5.41) is 0.470. The zero-order valence-electron chi connectivity index (χ0n) is 11.2. The van der Waals surface area contributed by atoms with Gasteiger partial charge in [0.15, 0.2) is 6.29 Å². The van der Waals surface area contributed by atoms with E-state index >= 15 is 0 Å². The van der Waals surface area contributed by atoms with Crippen LogP contribution in [-0.2, 0) is 7.05 Å². The lowest BCUT2D eigenvalue weighted by Crippen LogP contribution is -1.89. The highest BCUT2D eigenvalue weighted by Gasteiger charge is 2.10. The monoisotopic (exact) mass is 284 g/mol. The lowest BCUT2D eigenvalue weighted by atomic mass is 9.98. The lowest BCUT2D eigenvalue weighted by molar-refractivity contribution is 0.112. The van der Waals surface area contributed by atoms with Crippen molar-refractivity contribution in [2.75, 3.05) is 0 Å². The lowest BCUT2D eigenvalue weighted by Gasteiger charge is -2.08. The molecule has 0 unspecified atom stereocenters. The third-order valence-electron chi connectivity index (χ3n) is 3.59. The first-order valence-corrected chi connectivity index (χ1v) is 6.65. The molecule has 4 heteroatoms. The molecule has 3 nitrogen and oxygen atoms in total. The van der Waals surface area contributed by atoms with Gasteiger partial charge >= 0.3 is 0 Å². The molecular formula is C16H13ClN2O. The van der Waals surface area contributed by atoms with Crippen molar-refractivity contribution >= 4 is 28.9 Å². The summed E-state index contributed by atoms with van der Waals surface area (Å²) in [5.41, 5.74) is 5.77. The minimum absolute atomic E-state index is 0.470. The Balaban J connectivity index is 2.21. The molecule has 2 aromatic carbocycles. The maximum absolute atomic E-state index is 10.8. The van der Waals surface area contributed by atoms with E-state index in [9.17, 15) is 4.79 Å². The summed E-state index contributed by atoms with van der Waals surface area (Å²) in [6, 6.07) is 9.58. The Morgan fingerprint density at radius 1 is 1.25 bits per heavy atom. The number of carbonyl (C=O) groups is 1. The van der Waals surface area contributed by atoms with Crippen molar-refractivity contribution in [1.82, 2.24) is 9.55 Å². The zero-order valence-corrected chi connectivity index (χ0v) is 12.0.